The van der Waals surface area contributed by atoms with E-state index in [-0.39, 0.29) is 0 Å². The average Bonchev–Trinajstić information content (AvgIpc) is 2.34. The van der Waals surface area contributed by atoms with Gasteiger partial charge in [0, 0.05) is 13.2 Å². The lowest BCUT2D eigenvalue weighted by Crippen LogP contribution is -2.28. The van der Waals surface area contributed by atoms with E-state index in [1.54, 1.807) is 0 Å². The fraction of sp³-hybridized carbons (Fsp3) is 1.00. The number of rotatable bonds is 9. The molecule has 96 valence electrons. The van der Waals surface area contributed by atoms with Gasteiger partial charge in [-0.15, -0.1) is 0 Å². The maximum Gasteiger partial charge on any atom is 0.0469 e. The quantitative estimate of drug-likeness (QED) is 0.631. The van der Waals surface area contributed by atoms with E-state index in [1.165, 1.54) is 57.4 Å². The van der Waals surface area contributed by atoms with Gasteiger partial charge in [-0.3, -0.25) is 0 Å². The van der Waals surface area contributed by atoms with E-state index in [0.29, 0.717) is 0 Å². The Hall–Kier alpha value is 0.270. The van der Waals surface area contributed by atoms with Crippen LogP contribution in [-0.2, 0) is 4.74 Å². The van der Waals surface area contributed by atoms with Crippen LogP contribution in [0.25, 0.3) is 0 Å². The molecule has 2 nitrogen and oxygen atoms in total. The first-order valence-electron chi connectivity index (χ1n) is 6.71. The monoisotopic (exact) mass is 245 g/mol. The van der Waals surface area contributed by atoms with Gasteiger partial charge in [0.25, 0.3) is 0 Å². The molecular formula is C13H27NOS. The number of thioether (sulfide) groups is 1. The maximum atomic E-state index is 5.35. The highest BCUT2D eigenvalue weighted by molar-refractivity contribution is 7.98. The van der Waals surface area contributed by atoms with Crippen molar-refractivity contribution in [3.63, 3.8) is 0 Å². The van der Waals surface area contributed by atoms with Gasteiger partial charge in [-0.2, -0.15) is 11.8 Å². The van der Waals surface area contributed by atoms with Crippen LogP contribution in [0.15, 0.2) is 0 Å². The van der Waals surface area contributed by atoms with Gasteiger partial charge in [0.1, 0.15) is 0 Å². The van der Waals surface area contributed by atoms with Gasteiger partial charge in [0.15, 0.2) is 0 Å². The molecule has 0 aromatic heterocycles. The minimum absolute atomic E-state index is 0.866. The van der Waals surface area contributed by atoms with Crippen molar-refractivity contribution in [2.45, 2.75) is 38.5 Å². The normalized spacial score (nSPS) is 17.8. The first kappa shape index (κ1) is 14.3. The van der Waals surface area contributed by atoms with Crippen molar-refractivity contribution in [3.8, 4) is 0 Å². The molecule has 1 fully saturated rings. The van der Waals surface area contributed by atoms with Gasteiger partial charge in [0.2, 0.25) is 0 Å². The summed E-state index contributed by atoms with van der Waals surface area (Å²) in [6, 6.07) is 0. The summed E-state index contributed by atoms with van der Waals surface area (Å²) in [5, 5.41) is 3.59. The van der Waals surface area contributed by atoms with Gasteiger partial charge >= 0.3 is 0 Å². The first-order chi connectivity index (χ1) is 7.93. The van der Waals surface area contributed by atoms with Crippen LogP contribution in [-0.4, -0.2) is 38.3 Å². The highest BCUT2D eigenvalue weighted by Crippen LogP contribution is 2.13. The summed E-state index contributed by atoms with van der Waals surface area (Å²) in [7, 11) is 0. The van der Waals surface area contributed by atoms with E-state index >= 15 is 0 Å². The van der Waals surface area contributed by atoms with Crippen molar-refractivity contribution in [1.82, 2.24) is 5.32 Å². The lowest BCUT2D eigenvalue weighted by molar-refractivity contribution is 0.0663. The Labute approximate surface area is 105 Å². The number of unbranched alkanes of at least 4 members (excludes halogenated alkanes) is 3. The molecule has 1 N–H and O–H groups in total. The molecule has 0 saturated carbocycles. The van der Waals surface area contributed by atoms with Crippen LogP contribution in [0.1, 0.15) is 38.5 Å². The molecule has 0 amide bonds. The lowest BCUT2D eigenvalue weighted by Gasteiger charge is -2.22. The first-order valence-corrected chi connectivity index (χ1v) is 8.10. The van der Waals surface area contributed by atoms with E-state index in [9.17, 15) is 0 Å². The second kappa shape index (κ2) is 10.4. The molecule has 1 saturated heterocycles. The van der Waals surface area contributed by atoms with Crippen LogP contribution in [0.2, 0.25) is 0 Å². The molecule has 0 bridgehead atoms. The van der Waals surface area contributed by atoms with Gasteiger partial charge in [0.05, 0.1) is 0 Å². The standard InChI is InChI=1S/C13H27NOS/c1-16-11-5-3-2-4-8-14-12-13-6-9-15-10-7-13/h13-14H,2-12H2,1H3. The smallest absolute Gasteiger partial charge is 0.0469 e. The molecule has 3 heteroatoms. The summed E-state index contributed by atoms with van der Waals surface area (Å²) < 4.78 is 5.35. The average molecular weight is 245 g/mol. The topological polar surface area (TPSA) is 21.3 Å². The fourth-order valence-electron chi connectivity index (χ4n) is 2.11. The Morgan fingerprint density at radius 3 is 2.62 bits per heavy atom. The minimum atomic E-state index is 0.866. The summed E-state index contributed by atoms with van der Waals surface area (Å²) in [5.41, 5.74) is 0. The van der Waals surface area contributed by atoms with E-state index < -0.39 is 0 Å². The van der Waals surface area contributed by atoms with Crippen molar-refractivity contribution >= 4 is 11.8 Å². The van der Waals surface area contributed by atoms with E-state index in [1.807, 2.05) is 11.8 Å². The van der Waals surface area contributed by atoms with Crippen LogP contribution in [0.4, 0.5) is 0 Å². The molecule has 0 aromatic rings. The Bertz CT molecular complexity index is 149. The van der Waals surface area contributed by atoms with Gasteiger partial charge in [-0.1, -0.05) is 12.8 Å². The summed E-state index contributed by atoms with van der Waals surface area (Å²) in [5.74, 6) is 2.19. The number of hydrogen-bond acceptors (Lipinski definition) is 3. The van der Waals surface area contributed by atoms with Crippen LogP contribution in [0.3, 0.4) is 0 Å². The Morgan fingerprint density at radius 1 is 1.12 bits per heavy atom. The molecule has 0 spiro atoms. The molecule has 0 aromatic carbocycles. The summed E-state index contributed by atoms with van der Waals surface area (Å²) in [6.45, 7) is 4.35. The van der Waals surface area contributed by atoms with E-state index in [2.05, 4.69) is 11.6 Å². The third-order valence-corrected chi connectivity index (χ3v) is 3.92. The summed E-state index contributed by atoms with van der Waals surface area (Å²) in [6.07, 6.45) is 10.2. The molecule has 0 atom stereocenters. The lowest BCUT2D eigenvalue weighted by atomic mass is 10.0. The second-order valence-electron chi connectivity index (χ2n) is 4.67. The zero-order valence-electron chi connectivity index (χ0n) is 10.7. The molecular weight excluding hydrogens is 218 g/mol. The second-order valence-corrected chi connectivity index (χ2v) is 5.65. The van der Waals surface area contributed by atoms with Gasteiger partial charge < -0.3 is 10.1 Å². The Balaban J connectivity index is 1.77. The van der Waals surface area contributed by atoms with Gasteiger partial charge in [-0.25, -0.2) is 0 Å². The highest BCUT2D eigenvalue weighted by atomic mass is 32.2. The minimum Gasteiger partial charge on any atom is -0.381 e. The van der Waals surface area contributed by atoms with Crippen molar-refractivity contribution in [3.05, 3.63) is 0 Å². The van der Waals surface area contributed by atoms with E-state index in [0.717, 1.165) is 19.1 Å². The molecule has 1 rings (SSSR count). The van der Waals surface area contributed by atoms with Crippen LogP contribution in [0.5, 0.6) is 0 Å². The van der Waals surface area contributed by atoms with Crippen molar-refractivity contribution in [2.24, 2.45) is 5.92 Å². The molecule has 0 unspecified atom stereocenters. The zero-order valence-corrected chi connectivity index (χ0v) is 11.5. The third kappa shape index (κ3) is 7.53. The number of hydrogen-bond donors (Lipinski definition) is 1. The predicted octanol–water partition coefficient (Wildman–Crippen LogP) is 2.93. The van der Waals surface area contributed by atoms with Crippen LogP contribution >= 0.6 is 11.8 Å². The summed E-state index contributed by atoms with van der Waals surface area (Å²) >= 11 is 1.96. The molecule has 0 aliphatic carbocycles. The predicted molar refractivity (Wildman–Crippen MR) is 73.3 cm³/mol. The van der Waals surface area contributed by atoms with Crippen molar-refractivity contribution in [1.29, 1.82) is 0 Å². The molecule has 1 aliphatic heterocycles. The van der Waals surface area contributed by atoms with Crippen molar-refractivity contribution < 1.29 is 4.74 Å². The largest absolute Gasteiger partial charge is 0.381 e. The Kier molecular flexibility index (Phi) is 9.34. The summed E-state index contributed by atoms with van der Waals surface area (Å²) in [4.78, 5) is 0. The number of nitrogens with one attached hydrogen (secondary N) is 1. The molecule has 0 radical (unpaired) electrons. The molecule has 16 heavy (non-hydrogen) atoms. The zero-order chi connectivity index (χ0) is 11.5. The number of ether oxygens (including phenoxy) is 1. The Morgan fingerprint density at radius 2 is 1.88 bits per heavy atom. The SMILES string of the molecule is CSCCCCCCNCC1CCOCC1. The third-order valence-electron chi connectivity index (χ3n) is 3.23. The van der Waals surface area contributed by atoms with Crippen LogP contribution < -0.4 is 5.32 Å². The van der Waals surface area contributed by atoms with E-state index in [4.69, 9.17) is 4.74 Å². The van der Waals surface area contributed by atoms with Gasteiger partial charge in [-0.05, 0) is 56.7 Å². The van der Waals surface area contributed by atoms with Crippen LogP contribution in [0, 0.1) is 5.92 Å². The highest BCUT2D eigenvalue weighted by Gasteiger charge is 2.12. The maximum absolute atomic E-state index is 5.35. The molecule has 1 heterocycles. The molecule has 1 aliphatic rings. The fourth-order valence-corrected chi connectivity index (χ4v) is 2.60. The van der Waals surface area contributed by atoms with Crippen molar-refractivity contribution in [2.75, 3.05) is 38.3 Å².